The third-order valence-electron chi connectivity index (χ3n) is 4.79. The van der Waals surface area contributed by atoms with Crippen LogP contribution in [0.3, 0.4) is 0 Å². The number of amides is 1. The summed E-state index contributed by atoms with van der Waals surface area (Å²) in [6.07, 6.45) is 3.84. The zero-order valence-electron chi connectivity index (χ0n) is 14.9. The fourth-order valence-electron chi connectivity index (χ4n) is 3.35. The summed E-state index contributed by atoms with van der Waals surface area (Å²) in [6, 6.07) is 10.6. The minimum Gasteiger partial charge on any atom is -0.331 e. The van der Waals surface area contributed by atoms with Crippen LogP contribution in [0.5, 0.6) is 0 Å². The molecule has 25 heavy (non-hydrogen) atoms. The Bertz CT molecular complexity index is 955. The molecule has 0 saturated heterocycles. The van der Waals surface area contributed by atoms with Gasteiger partial charge < -0.3 is 4.90 Å². The number of hydrogen-bond donors (Lipinski definition) is 0. The van der Waals surface area contributed by atoms with Gasteiger partial charge in [0.25, 0.3) is 5.91 Å². The molecule has 1 aliphatic carbocycles. The van der Waals surface area contributed by atoms with E-state index in [2.05, 4.69) is 35.2 Å². The molecule has 2 heterocycles. The second-order valence-electron chi connectivity index (χ2n) is 6.96. The van der Waals surface area contributed by atoms with Crippen LogP contribution in [-0.4, -0.2) is 31.6 Å². The second kappa shape index (κ2) is 5.99. The van der Waals surface area contributed by atoms with Gasteiger partial charge in [0.15, 0.2) is 5.65 Å². The Morgan fingerprint density at radius 3 is 2.80 bits per heavy atom. The van der Waals surface area contributed by atoms with Gasteiger partial charge in [-0.2, -0.15) is 5.10 Å². The van der Waals surface area contributed by atoms with Crippen molar-refractivity contribution in [1.82, 2.24) is 19.7 Å². The average Bonchev–Trinajstić information content (AvgIpc) is 3.39. The van der Waals surface area contributed by atoms with Gasteiger partial charge in [-0.15, -0.1) is 0 Å². The summed E-state index contributed by atoms with van der Waals surface area (Å²) in [5.74, 6) is 0.0571. The van der Waals surface area contributed by atoms with E-state index in [4.69, 9.17) is 0 Å². The molecular formula is C20H22N4O. The number of benzene rings is 1. The normalized spacial score (nSPS) is 14.0. The van der Waals surface area contributed by atoms with Crippen LogP contribution in [0.1, 0.15) is 40.0 Å². The minimum absolute atomic E-state index is 0.0571. The predicted octanol–water partition coefficient (Wildman–Crippen LogP) is 3.39. The largest absolute Gasteiger partial charge is 0.331 e. The molecule has 5 heteroatoms. The SMILES string of the molecule is Cc1cccc(CN(C(=O)c2cnc3c(c2)c(C)nn3C)C2CC2)c1. The lowest BCUT2D eigenvalue weighted by atomic mass is 10.1. The number of fused-ring (bicyclic) bond motifs is 1. The summed E-state index contributed by atoms with van der Waals surface area (Å²) in [5.41, 5.74) is 4.74. The summed E-state index contributed by atoms with van der Waals surface area (Å²) < 4.78 is 1.75. The van der Waals surface area contributed by atoms with Crippen molar-refractivity contribution in [1.29, 1.82) is 0 Å². The Kier molecular flexibility index (Phi) is 3.79. The van der Waals surface area contributed by atoms with E-state index in [9.17, 15) is 4.79 Å². The van der Waals surface area contributed by atoms with Crippen LogP contribution < -0.4 is 0 Å². The number of aryl methyl sites for hydroxylation is 3. The third-order valence-corrected chi connectivity index (χ3v) is 4.79. The van der Waals surface area contributed by atoms with Crippen LogP contribution in [0.4, 0.5) is 0 Å². The van der Waals surface area contributed by atoms with Crippen molar-refractivity contribution in [3.63, 3.8) is 0 Å². The van der Waals surface area contributed by atoms with Crippen LogP contribution >= 0.6 is 0 Å². The maximum atomic E-state index is 13.1. The first-order valence-electron chi connectivity index (χ1n) is 8.69. The van der Waals surface area contributed by atoms with Crippen molar-refractivity contribution in [3.8, 4) is 0 Å². The highest BCUT2D eigenvalue weighted by atomic mass is 16.2. The van der Waals surface area contributed by atoms with Gasteiger partial charge in [-0.3, -0.25) is 9.48 Å². The molecule has 0 bridgehead atoms. The Morgan fingerprint density at radius 2 is 2.08 bits per heavy atom. The van der Waals surface area contributed by atoms with Gasteiger partial charge in [-0.05, 0) is 38.3 Å². The van der Waals surface area contributed by atoms with Crippen molar-refractivity contribution in [2.24, 2.45) is 7.05 Å². The Hall–Kier alpha value is -2.69. The number of rotatable bonds is 4. The Balaban J connectivity index is 1.66. The molecular weight excluding hydrogens is 312 g/mol. The van der Waals surface area contributed by atoms with Gasteiger partial charge in [-0.1, -0.05) is 29.8 Å². The maximum absolute atomic E-state index is 13.1. The van der Waals surface area contributed by atoms with E-state index in [0.29, 0.717) is 18.2 Å². The van der Waals surface area contributed by atoms with Crippen LogP contribution in [0, 0.1) is 13.8 Å². The summed E-state index contributed by atoms with van der Waals surface area (Å²) in [6.45, 7) is 4.68. The summed E-state index contributed by atoms with van der Waals surface area (Å²) in [5, 5.41) is 5.33. The second-order valence-corrected chi connectivity index (χ2v) is 6.96. The average molecular weight is 334 g/mol. The highest BCUT2D eigenvalue weighted by Crippen LogP contribution is 2.30. The molecule has 0 atom stereocenters. The monoisotopic (exact) mass is 334 g/mol. The smallest absolute Gasteiger partial charge is 0.255 e. The number of nitrogens with zero attached hydrogens (tertiary/aromatic N) is 4. The van der Waals surface area contributed by atoms with E-state index in [0.717, 1.165) is 29.6 Å². The standard InChI is InChI=1S/C20H22N4O/c1-13-5-4-6-15(9-13)12-24(17-7-8-17)20(25)16-10-18-14(2)22-23(3)19(18)21-11-16/h4-6,9-11,17H,7-8,12H2,1-3H3. The van der Waals surface area contributed by atoms with Gasteiger partial charge in [0.2, 0.25) is 0 Å². The Labute approximate surface area is 147 Å². The third kappa shape index (κ3) is 3.02. The molecule has 0 spiro atoms. The molecule has 1 fully saturated rings. The Morgan fingerprint density at radius 1 is 1.28 bits per heavy atom. The number of pyridine rings is 1. The molecule has 1 amide bonds. The maximum Gasteiger partial charge on any atom is 0.255 e. The van der Waals surface area contributed by atoms with Crippen molar-refractivity contribution in [3.05, 3.63) is 58.9 Å². The number of carbonyl (C=O) groups excluding carboxylic acids is 1. The lowest BCUT2D eigenvalue weighted by Crippen LogP contribution is -2.32. The summed E-state index contributed by atoms with van der Waals surface area (Å²) in [4.78, 5) is 19.6. The van der Waals surface area contributed by atoms with Crippen LogP contribution in [-0.2, 0) is 13.6 Å². The van der Waals surface area contributed by atoms with Crippen molar-refractivity contribution < 1.29 is 4.79 Å². The first-order chi connectivity index (χ1) is 12.0. The molecule has 4 rings (SSSR count). The molecule has 1 aromatic carbocycles. The number of aromatic nitrogens is 3. The molecule has 1 aliphatic rings. The molecule has 5 nitrogen and oxygen atoms in total. The highest BCUT2D eigenvalue weighted by Gasteiger charge is 2.33. The van der Waals surface area contributed by atoms with Crippen molar-refractivity contribution >= 4 is 16.9 Å². The molecule has 0 aliphatic heterocycles. The van der Waals surface area contributed by atoms with Gasteiger partial charge in [0.1, 0.15) is 0 Å². The van der Waals surface area contributed by atoms with E-state index in [-0.39, 0.29) is 5.91 Å². The molecule has 0 unspecified atom stereocenters. The van der Waals surface area contributed by atoms with Gasteiger partial charge >= 0.3 is 0 Å². The zero-order valence-corrected chi connectivity index (χ0v) is 14.9. The van der Waals surface area contributed by atoms with E-state index < -0.39 is 0 Å². The van der Waals surface area contributed by atoms with E-state index in [1.807, 2.05) is 31.0 Å². The molecule has 2 aromatic heterocycles. The predicted molar refractivity (Wildman–Crippen MR) is 97.3 cm³/mol. The summed E-state index contributed by atoms with van der Waals surface area (Å²) >= 11 is 0. The lowest BCUT2D eigenvalue weighted by Gasteiger charge is -2.23. The first kappa shape index (κ1) is 15.8. The first-order valence-corrected chi connectivity index (χ1v) is 8.69. The van der Waals surface area contributed by atoms with Crippen LogP contribution in [0.25, 0.3) is 11.0 Å². The van der Waals surface area contributed by atoms with E-state index >= 15 is 0 Å². The molecule has 3 aromatic rings. The van der Waals surface area contributed by atoms with Gasteiger partial charge in [-0.25, -0.2) is 4.98 Å². The van der Waals surface area contributed by atoms with Crippen LogP contribution in [0.15, 0.2) is 36.5 Å². The number of hydrogen-bond acceptors (Lipinski definition) is 3. The molecule has 0 N–H and O–H groups in total. The zero-order chi connectivity index (χ0) is 17.6. The van der Waals surface area contributed by atoms with Gasteiger partial charge in [0.05, 0.1) is 11.3 Å². The number of carbonyl (C=O) groups is 1. The van der Waals surface area contributed by atoms with Crippen LogP contribution in [0.2, 0.25) is 0 Å². The highest BCUT2D eigenvalue weighted by molar-refractivity contribution is 5.97. The van der Waals surface area contributed by atoms with E-state index in [1.165, 1.54) is 11.1 Å². The lowest BCUT2D eigenvalue weighted by molar-refractivity contribution is 0.0729. The molecule has 128 valence electrons. The summed E-state index contributed by atoms with van der Waals surface area (Å²) in [7, 11) is 1.87. The fraction of sp³-hybridized carbons (Fsp3) is 0.350. The van der Waals surface area contributed by atoms with Gasteiger partial charge in [0, 0.05) is 31.2 Å². The van der Waals surface area contributed by atoms with Crippen molar-refractivity contribution in [2.45, 2.75) is 39.3 Å². The molecule has 0 radical (unpaired) electrons. The molecule has 1 saturated carbocycles. The fourth-order valence-corrected chi connectivity index (χ4v) is 3.35. The quantitative estimate of drug-likeness (QED) is 0.735. The minimum atomic E-state index is 0.0571. The van der Waals surface area contributed by atoms with Crippen molar-refractivity contribution in [2.75, 3.05) is 0 Å². The topological polar surface area (TPSA) is 51.0 Å². The van der Waals surface area contributed by atoms with E-state index in [1.54, 1.807) is 10.9 Å².